The van der Waals surface area contributed by atoms with E-state index < -0.39 is 0 Å². The summed E-state index contributed by atoms with van der Waals surface area (Å²) >= 11 is 0. The molecule has 1 aliphatic carbocycles. The van der Waals surface area contributed by atoms with Gasteiger partial charge in [-0.3, -0.25) is 0 Å². The lowest BCUT2D eigenvalue weighted by molar-refractivity contribution is 0.0751. The standard InChI is InChI=1S/C16H23NO/c1-2-6-16(7-3-1)18-13-15-9-8-14(15)12-17-10-4-5-11-17/h1-3,6-7,14-15H,4-5,8-13H2/t14-,15+/m1/s1. The molecule has 0 N–H and O–H groups in total. The third-order valence-electron chi connectivity index (χ3n) is 4.47. The number of para-hydroxylation sites is 1. The molecule has 2 nitrogen and oxygen atoms in total. The van der Waals surface area contributed by atoms with Crippen LogP contribution in [-0.2, 0) is 0 Å². The first-order valence-electron chi connectivity index (χ1n) is 7.32. The van der Waals surface area contributed by atoms with Crippen molar-refractivity contribution in [1.29, 1.82) is 0 Å². The van der Waals surface area contributed by atoms with Crippen LogP contribution >= 0.6 is 0 Å². The van der Waals surface area contributed by atoms with Gasteiger partial charge in [0.25, 0.3) is 0 Å². The maximum Gasteiger partial charge on any atom is 0.119 e. The molecule has 1 aromatic carbocycles. The van der Waals surface area contributed by atoms with Crippen molar-refractivity contribution in [2.75, 3.05) is 26.2 Å². The van der Waals surface area contributed by atoms with Gasteiger partial charge in [-0.05, 0) is 62.7 Å². The fraction of sp³-hybridized carbons (Fsp3) is 0.625. The summed E-state index contributed by atoms with van der Waals surface area (Å²) in [5, 5.41) is 0. The molecule has 2 aliphatic rings. The molecule has 18 heavy (non-hydrogen) atoms. The second kappa shape index (κ2) is 5.75. The van der Waals surface area contributed by atoms with E-state index >= 15 is 0 Å². The predicted octanol–water partition coefficient (Wildman–Crippen LogP) is 3.19. The Morgan fingerprint density at radius 3 is 2.39 bits per heavy atom. The van der Waals surface area contributed by atoms with Crippen LogP contribution in [0.5, 0.6) is 5.75 Å². The minimum atomic E-state index is 0.783. The van der Waals surface area contributed by atoms with Crippen LogP contribution in [0, 0.1) is 11.8 Å². The Kier molecular flexibility index (Phi) is 3.84. The second-order valence-corrected chi connectivity index (χ2v) is 5.73. The van der Waals surface area contributed by atoms with Gasteiger partial charge in [0.1, 0.15) is 5.75 Å². The van der Waals surface area contributed by atoms with Crippen LogP contribution in [0.15, 0.2) is 30.3 Å². The van der Waals surface area contributed by atoms with Crippen LogP contribution in [0.4, 0.5) is 0 Å². The fourth-order valence-electron chi connectivity index (χ4n) is 3.11. The lowest BCUT2D eigenvalue weighted by Gasteiger charge is -2.38. The van der Waals surface area contributed by atoms with Gasteiger partial charge in [-0.25, -0.2) is 0 Å². The maximum absolute atomic E-state index is 5.89. The molecule has 1 aliphatic heterocycles. The molecule has 1 heterocycles. The molecule has 0 bridgehead atoms. The normalized spacial score (nSPS) is 28.0. The Labute approximate surface area is 110 Å². The SMILES string of the molecule is c1ccc(OC[C@@H]2CC[C@@H]2CN2CCCC2)cc1. The molecule has 0 amide bonds. The van der Waals surface area contributed by atoms with Crippen LogP contribution in [0.2, 0.25) is 0 Å². The van der Waals surface area contributed by atoms with Crippen LogP contribution in [0.1, 0.15) is 25.7 Å². The van der Waals surface area contributed by atoms with Crippen molar-refractivity contribution < 1.29 is 4.74 Å². The molecule has 0 aromatic heterocycles. The molecule has 2 fully saturated rings. The van der Waals surface area contributed by atoms with E-state index in [-0.39, 0.29) is 0 Å². The third-order valence-corrected chi connectivity index (χ3v) is 4.47. The molecular formula is C16H23NO. The Balaban J connectivity index is 1.43. The van der Waals surface area contributed by atoms with Crippen LogP contribution < -0.4 is 4.74 Å². The van der Waals surface area contributed by atoms with Crippen molar-refractivity contribution in [3.05, 3.63) is 30.3 Å². The predicted molar refractivity (Wildman–Crippen MR) is 73.8 cm³/mol. The van der Waals surface area contributed by atoms with E-state index in [4.69, 9.17) is 4.74 Å². The van der Waals surface area contributed by atoms with E-state index in [0.717, 1.165) is 24.2 Å². The summed E-state index contributed by atoms with van der Waals surface area (Å²) in [6, 6.07) is 10.2. The molecule has 2 heteroatoms. The van der Waals surface area contributed by atoms with Crippen molar-refractivity contribution in [3.8, 4) is 5.75 Å². The lowest BCUT2D eigenvalue weighted by Crippen LogP contribution is -2.39. The molecule has 3 rings (SSSR count). The van der Waals surface area contributed by atoms with E-state index in [0.29, 0.717) is 0 Å². The highest BCUT2D eigenvalue weighted by molar-refractivity contribution is 5.20. The number of benzene rings is 1. The topological polar surface area (TPSA) is 12.5 Å². The van der Waals surface area contributed by atoms with Crippen molar-refractivity contribution in [2.24, 2.45) is 11.8 Å². The highest BCUT2D eigenvalue weighted by atomic mass is 16.5. The van der Waals surface area contributed by atoms with Gasteiger partial charge in [-0.2, -0.15) is 0 Å². The van der Waals surface area contributed by atoms with E-state index in [1.54, 1.807) is 0 Å². The zero-order valence-electron chi connectivity index (χ0n) is 11.1. The van der Waals surface area contributed by atoms with Gasteiger partial charge in [0.05, 0.1) is 6.61 Å². The van der Waals surface area contributed by atoms with Crippen molar-refractivity contribution in [1.82, 2.24) is 4.90 Å². The number of ether oxygens (including phenoxy) is 1. The number of rotatable bonds is 5. The summed E-state index contributed by atoms with van der Waals surface area (Å²) < 4.78 is 5.89. The minimum Gasteiger partial charge on any atom is -0.493 e. The zero-order valence-corrected chi connectivity index (χ0v) is 11.1. The highest BCUT2D eigenvalue weighted by Crippen LogP contribution is 2.35. The summed E-state index contributed by atoms with van der Waals surface area (Å²) in [6.07, 6.45) is 5.56. The van der Waals surface area contributed by atoms with E-state index in [9.17, 15) is 0 Å². The number of hydrogen-bond donors (Lipinski definition) is 0. The quantitative estimate of drug-likeness (QED) is 0.790. The van der Waals surface area contributed by atoms with Gasteiger partial charge in [-0.1, -0.05) is 18.2 Å². The number of nitrogens with zero attached hydrogens (tertiary/aromatic N) is 1. The smallest absolute Gasteiger partial charge is 0.119 e. The summed E-state index contributed by atoms with van der Waals surface area (Å²) in [4.78, 5) is 2.64. The first kappa shape index (κ1) is 12.0. The minimum absolute atomic E-state index is 0.783. The van der Waals surface area contributed by atoms with Crippen molar-refractivity contribution in [2.45, 2.75) is 25.7 Å². The number of hydrogen-bond acceptors (Lipinski definition) is 2. The fourth-order valence-corrected chi connectivity index (χ4v) is 3.11. The molecule has 2 atom stereocenters. The van der Waals surface area contributed by atoms with Gasteiger partial charge in [0, 0.05) is 6.54 Å². The summed E-state index contributed by atoms with van der Waals surface area (Å²) in [5.41, 5.74) is 0. The van der Waals surface area contributed by atoms with E-state index in [2.05, 4.69) is 4.90 Å². The third kappa shape index (κ3) is 2.86. The monoisotopic (exact) mass is 245 g/mol. The summed E-state index contributed by atoms with van der Waals surface area (Å²) in [5.74, 6) is 2.68. The zero-order chi connectivity index (χ0) is 12.2. The molecule has 0 unspecified atom stereocenters. The largest absolute Gasteiger partial charge is 0.493 e. The van der Waals surface area contributed by atoms with Gasteiger partial charge in [0.2, 0.25) is 0 Å². The van der Waals surface area contributed by atoms with Crippen LogP contribution in [0.3, 0.4) is 0 Å². The Bertz CT molecular complexity index is 359. The van der Waals surface area contributed by atoms with Gasteiger partial charge in [0.15, 0.2) is 0 Å². The summed E-state index contributed by atoms with van der Waals surface area (Å²) in [7, 11) is 0. The average Bonchev–Trinajstić information content (AvgIpc) is 2.89. The van der Waals surface area contributed by atoms with E-state index in [1.807, 2.05) is 30.3 Å². The van der Waals surface area contributed by atoms with Gasteiger partial charge >= 0.3 is 0 Å². The molecule has 0 radical (unpaired) electrons. The van der Waals surface area contributed by atoms with Crippen molar-refractivity contribution >= 4 is 0 Å². The second-order valence-electron chi connectivity index (χ2n) is 5.73. The van der Waals surface area contributed by atoms with Crippen LogP contribution in [-0.4, -0.2) is 31.1 Å². The number of likely N-dealkylation sites (tertiary alicyclic amines) is 1. The summed E-state index contributed by atoms with van der Waals surface area (Å²) in [6.45, 7) is 4.86. The first-order valence-corrected chi connectivity index (χ1v) is 7.32. The Hall–Kier alpha value is -1.02. The van der Waals surface area contributed by atoms with Crippen molar-refractivity contribution in [3.63, 3.8) is 0 Å². The molecule has 98 valence electrons. The maximum atomic E-state index is 5.89. The molecule has 0 spiro atoms. The molecule has 1 saturated carbocycles. The molecule has 1 aromatic rings. The van der Waals surface area contributed by atoms with Gasteiger partial charge in [-0.15, -0.1) is 0 Å². The Morgan fingerprint density at radius 2 is 1.72 bits per heavy atom. The highest BCUT2D eigenvalue weighted by Gasteiger charge is 2.33. The Morgan fingerprint density at radius 1 is 1.00 bits per heavy atom. The molecule has 1 saturated heterocycles. The van der Waals surface area contributed by atoms with Crippen LogP contribution in [0.25, 0.3) is 0 Å². The van der Waals surface area contributed by atoms with Gasteiger partial charge < -0.3 is 9.64 Å². The first-order chi connectivity index (χ1) is 8.92. The van der Waals surface area contributed by atoms with E-state index in [1.165, 1.54) is 45.3 Å². The lowest BCUT2D eigenvalue weighted by atomic mass is 9.74. The average molecular weight is 245 g/mol. The molecular weight excluding hydrogens is 222 g/mol.